The summed E-state index contributed by atoms with van der Waals surface area (Å²) in [5.74, 6) is 1.85. The topological polar surface area (TPSA) is 48.2 Å². The van der Waals surface area contributed by atoms with E-state index in [1.165, 1.54) is 0 Å². The van der Waals surface area contributed by atoms with Crippen molar-refractivity contribution in [3.8, 4) is 5.88 Å². The zero-order chi connectivity index (χ0) is 13.2. The molecular formula is C13H15ClN2O2. The summed E-state index contributed by atoms with van der Waals surface area (Å²) in [5.41, 5.74) is -0.173. The Bertz CT molecular complexity index is 518. The maximum atomic E-state index is 5.96. The number of aromatic nitrogens is 2. The molecule has 4 nitrogen and oxygen atoms in total. The molecule has 2 heterocycles. The van der Waals surface area contributed by atoms with Crippen molar-refractivity contribution in [2.24, 2.45) is 0 Å². The van der Waals surface area contributed by atoms with Crippen LogP contribution in [0.15, 0.2) is 28.9 Å². The second-order valence-corrected chi connectivity index (χ2v) is 5.36. The molecule has 5 heteroatoms. The molecule has 0 aromatic carbocycles. The predicted molar refractivity (Wildman–Crippen MR) is 68.8 cm³/mol. The van der Waals surface area contributed by atoms with Gasteiger partial charge >= 0.3 is 0 Å². The molecule has 0 spiro atoms. The van der Waals surface area contributed by atoms with Gasteiger partial charge in [0, 0.05) is 11.5 Å². The minimum Gasteiger partial charge on any atom is -0.469 e. The Labute approximate surface area is 111 Å². The Morgan fingerprint density at radius 2 is 2.11 bits per heavy atom. The van der Waals surface area contributed by atoms with Gasteiger partial charge in [-0.1, -0.05) is 32.4 Å². The monoisotopic (exact) mass is 266 g/mol. The average molecular weight is 267 g/mol. The molecule has 2 aromatic heterocycles. The minimum atomic E-state index is -0.173. The lowest BCUT2D eigenvalue weighted by Gasteiger charge is -2.17. The van der Waals surface area contributed by atoms with Crippen molar-refractivity contribution in [2.75, 3.05) is 0 Å². The normalized spacial score (nSPS) is 11.6. The molecular weight excluding hydrogens is 252 g/mol. The van der Waals surface area contributed by atoms with Crippen LogP contribution in [0.2, 0.25) is 5.15 Å². The second-order valence-electron chi connectivity index (χ2n) is 4.97. The number of ether oxygens (including phenoxy) is 1. The molecule has 0 aliphatic carbocycles. The summed E-state index contributed by atoms with van der Waals surface area (Å²) in [6, 6.07) is 5.25. The van der Waals surface area contributed by atoms with Crippen LogP contribution in [-0.2, 0) is 12.0 Å². The van der Waals surface area contributed by atoms with Crippen molar-refractivity contribution in [3.63, 3.8) is 0 Å². The van der Waals surface area contributed by atoms with Crippen LogP contribution in [0, 0.1) is 0 Å². The van der Waals surface area contributed by atoms with E-state index in [0.29, 0.717) is 23.5 Å². The summed E-state index contributed by atoms with van der Waals surface area (Å²) >= 11 is 5.96. The number of hydrogen-bond donors (Lipinski definition) is 0. The first kappa shape index (κ1) is 12.9. The van der Waals surface area contributed by atoms with Gasteiger partial charge in [0.15, 0.2) is 0 Å². The Morgan fingerprint density at radius 1 is 1.33 bits per heavy atom. The highest BCUT2D eigenvalue weighted by Crippen LogP contribution is 2.23. The van der Waals surface area contributed by atoms with Gasteiger partial charge in [0.05, 0.1) is 6.26 Å². The lowest BCUT2D eigenvalue weighted by Crippen LogP contribution is -2.16. The fourth-order valence-electron chi connectivity index (χ4n) is 1.35. The van der Waals surface area contributed by atoms with Crippen molar-refractivity contribution in [1.29, 1.82) is 0 Å². The first-order chi connectivity index (χ1) is 8.45. The summed E-state index contributed by atoms with van der Waals surface area (Å²) < 4.78 is 10.7. The zero-order valence-electron chi connectivity index (χ0n) is 10.6. The van der Waals surface area contributed by atoms with Crippen LogP contribution < -0.4 is 4.74 Å². The molecule has 0 aliphatic heterocycles. The van der Waals surface area contributed by atoms with Gasteiger partial charge in [0.1, 0.15) is 23.3 Å². The summed E-state index contributed by atoms with van der Waals surface area (Å²) in [7, 11) is 0. The molecule has 0 unspecified atom stereocenters. The Balaban J connectivity index is 2.15. The molecule has 0 saturated heterocycles. The molecule has 0 saturated carbocycles. The van der Waals surface area contributed by atoms with Gasteiger partial charge in [0.2, 0.25) is 5.88 Å². The number of rotatable bonds is 3. The highest BCUT2D eigenvalue weighted by molar-refractivity contribution is 6.29. The summed E-state index contributed by atoms with van der Waals surface area (Å²) in [6.45, 7) is 6.39. The van der Waals surface area contributed by atoms with E-state index in [2.05, 4.69) is 9.97 Å². The zero-order valence-corrected chi connectivity index (χ0v) is 11.4. The van der Waals surface area contributed by atoms with Crippen molar-refractivity contribution in [3.05, 3.63) is 41.2 Å². The third-order valence-corrected chi connectivity index (χ3v) is 2.48. The fourth-order valence-corrected chi connectivity index (χ4v) is 1.52. The molecule has 18 heavy (non-hydrogen) atoms. The Hall–Kier alpha value is -1.55. The van der Waals surface area contributed by atoms with Crippen LogP contribution >= 0.6 is 11.6 Å². The van der Waals surface area contributed by atoms with E-state index in [1.807, 2.05) is 32.9 Å². The maximum Gasteiger partial charge on any atom is 0.218 e. The van der Waals surface area contributed by atoms with Crippen LogP contribution in [-0.4, -0.2) is 9.97 Å². The van der Waals surface area contributed by atoms with Gasteiger partial charge in [-0.3, -0.25) is 0 Å². The molecule has 0 amide bonds. The van der Waals surface area contributed by atoms with Crippen LogP contribution in [0.25, 0.3) is 0 Å². The molecule has 2 aromatic rings. The third kappa shape index (κ3) is 3.23. The number of halogens is 1. The van der Waals surface area contributed by atoms with E-state index >= 15 is 0 Å². The molecule has 0 N–H and O–H groups in total. The van der Waals surface area contributed by atoms with Gasteiger partial charge in [-0.2, -0.15) is 4.98 Å². The van der Waals surface area contributed by atoms with Gasteiger partial charge in [-0.25, -0.2) is 4.98 Å². The predicted octanol–water partition coefficient (Wildman–Crippen LogP) is 3.60. The van der Waals surface area contributed by atoms with E-state index in [9.17, 15) is 0 Å². The molecule has 0 fully saturated rings. The largest absolute Gasteiger partial charge is 0.469 e. The maximum absolute atomic E-state index is 5.96. The molecule has 2 rings (SSSR count). The molecule has 0 bridgehead atoms. The van der Waals surface area contributed by atoms with Crippen molar-refractivity contribution in [1.82, 2.24) is 9.97 Å². The standard InChI is InChI=1S/C13H15ClN2O2/c1-13(2,3)12-15-10(14)7-11(16-12)18-8-9-5-4-6-17-9/h4-7H,8H2,1-3H3. The van der Waals surface area contributed by atoms with Gasteiger partial charge in [-0.05, 0) is 12.1 Å². The van der Waals surface area contributed by atoms with Gasteiger partial charge in [-0.15, -0.1) is 0 Å². The summed E-state index contributed by atoms with van der Waals surface area (Å²) in [5, 5.41) is 0.379. The highest BCUT2D eigenvalue weighted by Gasteiger charge is 2.19. The fraction of sp³-hybridized carbons (Fsp3) is 0.385. The molecule has 0 aliphatic rings. The van der Waals surface area contributed by atoms with Gasteiger partial charge in [0.25, 0.3) is 0 Å². The van der Waals surface area contributed by atoms with Crippen LogP contribution in [0.5, 0.6) is 5.88 Å². The van der Waals surface area contributed by atoms with E-state index in [1.54, 1.807) is 12.3 Å². The molecule has 0 atom stereocenters. The summed E-state index contributed by atoms with van der Waals surface area (Å²) in [4.78, 5) is 8.55. The SMILES string of the molecule is CC(C)(C)c1nc(Cl)cc(OCc2ccco2)n1. The quantitative estimate of drug-likeness (QED) is 0.797. The van der Waals surface area contributed by atoms with Crippen molar-refractivity contribution < 1.29 is 9.15 Å². The van der Waals surface area contributed by atoms with Crippen LogP contribution in [0.4, 0.5) is 0 Å². The number of furan rings is 1. The lowest BCUT2D eigenvalue weighted by atomic mass is 9.96. The van der Waals surface area contributed by atoms with E-state index in [-0.39, 0.29) is 5.41 Å². The molecule has 96 valence electrons. The lowest BCUT2D eigenvalue weighted by molar-refractivity contribution is 0.258. The molecule has 0 radical (unpaired) electrons. The Kier molecular flexibility index (Phi) is 3.57. The smallest absolute Gasteiger partial charge is 0.218 e. The Morgan fingerprint density at radius 3 is 2.72 bits per heavy atom. The van der Waals surface area contributed by atoms with Crippen LogP contribution in [0.1, 0.15) is 32.4 Å². The first-order valence-electron chi connectivity index (χ1n) is 5.65. The van der Waals surface area contributed by atoms with Crippen molar-refractivity contribution >= 4 is 11.6 Å². The van der Waals surface area contributed by atoms with E-state index in [4.69, 9.17) is 20.8 Å². The van der Waals surface area contributed by atoms with Crippen molar-refractivity contribution in [2.45, 2.75) is 32.8 Å². The first-order valence-corrected chi connectivity index (χ1v) is 6.03. The number of hydrogen-bond acceptors (Lipinski definition) is 4. The van der Waals surface area contributed by atoms with E-state index < -0.39 is 0 Å². The van der Waals surface area contributed by atoms with E-state index in [0.717, 1.165) is 5.76 Å². The minimum absolute atomic E-state index is 0.173. The van der Waals surface area contributed by atoms with Crippen LogP contribution in [0.3, 0.4) is 0 Å². The second kappa shape index (κ2) is 4.98. The van der Waals surface area contributed by atoms with Gasteiger partial charge < -0.3 is 9.15 Å². The summed E-state index contributed by atoms with van der Waals surface area (Å²) in [6.07, 6.45) is 1.60. The third-order valence-electron chi connectivity index (χ3n) is 2.28. The highest BCUT2D eigenvalue weighted by atomic mass is 35.5. The average Bonchev–Trinajstić information content (AvgIpc) is 2.77. The number of nitrogens with zero attached hydrogens (tertiary/aromatic N) is 2.